The Morgan fingerprint density at radius 2 is 1.79 bits per heavy atom. The van der Waals surface area contributed by atoms with Gasteiger partial charge in [-0.1, -0.05) is 0 Å². The van der Waals surface area contributed by atoms with Crippen molar-refractivity contribution in [1.29, 1.82) is 0 Å². The predicted octanol–water partition coefficient (Wildman–Crippen LogP) is 3.73. The van der Waals surface area contributed by atoms with Crippen LogP contribution in [0.15, 0.2) is 36.4 Å². The van der Waals surface area contributed by atoms with Crippen molar-refractivity contribution in [3.8, 4) is 17.2 Å². The first-order valence-electron chi connectivity index (χ1n) is 9.42. The normalized spacial score (nSPS) is 15.1. The summed E-state index contributed by atoms with van der Waals surface area (Å²) in [6, 6.07) is 10.2. The zero-order valence-electron chi connectivity index (χ0n) is 17.4. The van der Waals surface area contributed by atoms with Gasteiger partial charge >= 0.3 is 0 Å². The van der Waals surface area contributed by atoms with Crippen molar-refractivity contribution < 1.29 is 23.8 Å². The molecule has 0 saturated heterocycles. The Balaban J connectivity index is 1.91. The summed E-state index contributed by atoms with van der Waals surface area (Å²) in [4.78, 5) is 27.3. The van der Waals surface area contributed by atoms with Gasteiger partial charge < -0.3 is 24.4 Å². The van der Waals surface area contributed by atoms with Gasteiger partial charge in [0.1, 0.15) is 23.9 Å². The van der Waals surface area contributed by atoms with Gasteiger partial charge in [0, 0.05) is 23.9 Å². The molecule has 7 heteroatoms. The Morgan fingerprint density at radius 1 is 1.14 bits per heavy atom. The van der Waals surface area contributed by atoms with Crippen LogP contribution in [-0.2, 0) is 4.79 Å². The van der Waals surface area contributed by atoms with Crippen LogP contribution in [0.2, 0.25) is 0 Å². The summed E-state index contributed by atoms with van der Waals surface area (Å²) in [5, 5.41) is 2.87. The lowest BCUT2D eigenvalue weighted by Crippen LogP contribution is -2.42. The second-order valence-electron chi connectivity index (χ2n) is 7.46. The number of ether oxygens (including phenoxy) is 3. The van der Waals surface area contributed by atoms with E-state index in [1.54, 1.807) is 41.3 Å². The number of amides is 2. The van der Waals surface area contributed by atoms with Crippen LogP contribution in [0.5, 0.6) is 17.2 Å². The van der Waals surface area contributed by atoms with Gasteiger partial charge in [0.15, 0.2) is 0 Å². The summed E-state index contributed by atoms with van der Waals surface area (Å²) in [5.41, 5.74) is 0.974. The minimum Gasteiger partial charge on any atom is -0.497 e. The van der Waals surface area contributed by atoms with E-state index in [-0.39, 0.29) is 11.8 Å². The summed E-state index contributed by atoms with van der Waals surface area (Å²) < 4.78 is 16.3. The van der Waals surface area contributed by atoms with E-state index < -0.39 is 5.41 Å². The Labute approximate surface area is 170 Å². The highest BCUT2D eigenvalue weighted by Gasteiger charge is 2.37. The van der Waals surface area contributed by atoms with Gasteiger partial charge in [-0.05, 0) is 51.1 Å². The number of fused-ring (bicyclic) bond motifs is 1. The third-order valence-electron chi connectivity index (χ3n) is 4.85. The van der Waals surface area contributed by atoms with Crippen LogP contribution >= 0.6 is 0 Å². The fourth-order valence-corrected chi connectivity index (χ4v) is 3.18. The maximum Gasteiger partial charge on any atom is 0.255 e. The number of anilines is 2. The molecule has 0 unspecified atom stereocenters. The lowest BCUT2D eigenvalue weighted by Gasteiger charge is -2.27. The quantitative estimate of drug-likeness (QED) is 0.831. The lowest BCUT2D eigenvalue weighted by molar-refractivity contribution is -0.127. The Morgan fingerprint density at radius 3 is 2.38 bits per heavy atom. The van der Waals surface area contributed by atoms with Gasteiger partial charge in [0.2, 0.25) is 5.91 Å². The molecule has 2 amide bonds. The molecular weight excluding hydrogens is 372 g/mol. The number of carbonyl (C=O) groups excluding carboxylic acids is 2. The summed E-state index contributed by atoms with van der Waals surface area (Å²) in [7, 11) is 3.06. The van der Waals surface area contributed by atoms with E-state index in [9.17, 15) is 9.59 Å². The molecule has 154 valence electrons. The first kappa shape index (κ1) is 20.5. The molecule has 0 aliphatic carbocycles. The molecule has 1 N–H and O–H groups in total. The van der Waals surface area contributed by atoms with Crippen molar-refractivity contribution >= 4 is 23.2 Å². The molecule has 1 aliphatic rings. The fourth-order valence-electron chi connectivity index (χ4n) is 3.18. The van der Waals surface area contributed by atoms with Gasteiger partial charge in [0.25, 0.3) is 5.91 Å². The topological polar surface area (TPSA) is 77.1 Å². The van der Waals surface area contributed by atoms with Crippen LogP contribution in [0.1, 0.15) is 31.1 Å². The van der Waals surface area contributed by atoms with E-state index in [4.69, 9.17) is 14.2 Å². The largest absolute Gasteiger partial charge is 0.497 e. The number of rotatable bonds is 5. The minimum atomic E-state index is -0.629. The first-order chi connectivity index (χ1) is 13.8. The van der Waals surface area contributed by atoms with Crippen LogP contribution in [0.3, 0.4) is 0 Å². The van der Waals surface area contributed by atoms with Crippen LogP contribution in [-0.4, -0.2) is 39.2 Å². The van der Waals surface area contributed by atoms with Crippen molar-refractivity contribution in [2.45, 2.75) is 20.8 Å². The maximum atomic E-state index is 12.9. The minimum absolute atomic E-state index is 0.0141. The molecule has 1 heterocycles. The van der Waals surface area contributed by atoms with Gasteiger partial charge in [-0.25, -0.2) is 0 Å². The monoisotopic (exact) mass is 398 g/mol. The summed E-state index contributed by atoms with van der Waals surface area (Å²) in [6.07, 6.45) is 0. The number of carbonyl (C=O) groups is 2. The average molecular weight is 398 g/mol. The van der Waals surface area contributed by atoms with Crippen molar-refractivity contribution in [2.75, 3.05) is 37.6 Å². The van der Waals surface area contributed by atoms with Crippen LogP contribution in [0, 0.1) is 5.41 Å². The molecule has 0 aromatic heterocycles. The highest BCUT2D eigenvalue weighted by Crippen LogP contribution is 2.38. The van der Waals surface area contributed by atoms with Gasteiger partial charge in [-0.15, -0.1) is 0 Å². The zero-order chi connectivity index (χ0) is 21.2. The third-order valence-corrected chi connectivity index (χ3v) is 4.85. The third kappa shape index (κ3) is 4.13. The lowest BCUT2D eigenvalue weighted by atomic mass is 9.93. The smallest absolute Gasteiger partial charge is 0.255 e. The number of nitrogens with zero attached hydrogens (tertiary/aromatic N) is 1. The molecule has 7 nitrogen and oxygen atoms in total. The highest BCUT2D eigenvalue weighted by atomic mass is 16.5. The van der Waals surface area contributed by atoms with Gasteiger partial charge in [-0.2, -0.15) is 0 Å². The van der Waals surface area contributed by atoms with Gasteiger partial charge in [0.05, 0.1) is 25.3 Å². The standard InChI is InChI=1S/C22H26N2O5/c1-6-24-18-11-15(7-8-19(18)29-13-22(2,3)21(24)26)23-20(25)14-9-16(27-4)12-17(10-14)28-5/h7-12H,6,13H2,1-5H3,(H,23,25). The molecule has 1 aliphatic heterocycles. The van der Waals surface area contributed by atoms with Crippen molar-refractivity contribution in [3.05, 3.63) is 42.0 Å². The van der Waals surface area contributed by atoms with E-state index in [1.807, 2.05) is 20.8 Å². The number of methoxy groups -OCH3 is 2. The number of hydrogen-bond acceptors (Lipinski definition) is 5. The number of benzene rings is 2. The van der Waals surface area contributed by atoms with Crippen molar-refractivity contribution in [3.63, 3.8) is 0 Å². The number of hydrogen-bond donors (Lipinski definition) is 1. The fraction of sp³-hybridized carbons (Fsp3) is 0.364. The van der Waals surface area contributed by atoms with Gasteiger partial charge in [-0.3, -0.25) is 9.59 Å². The zero-order valence-corrected chi connectivity index (χ0v) is 17.4. The van der Waals surface area contributed by atoms with E-state index in [0.717, 1.165) is 0 Å². The maximum absolute atomic E-state index is 12.9. The SMILES string of the molecule is CCN1C(=O)C(C)(C)COc2ccc(NC(=O)c3cc(OC)cc(OC)c3)cc21. The number of nitrogens with one attached hydrogen (secondary N) is 1. The molecule has 3 rings (SSSR count). The molecule has 0 bridgehead atoms. The summed E-state index contributed by atoms with van der Waals surface area (Å²) in [5.74, 6) is 1.34. The molecule has 0 saturated carbocycles. The molecular formula is C22H26N2O5. The molecule has 29 heavy (non-hydrogen) atoms. The van der Waals surface area contributed by atoms with Crippen LogP contribution in [0.4, 0.5) is 11.4 Å². The Kier molecular flexibility index (Phi) is 5.68. The van der Waals surface area contributed by atoms with Crippen molar-refractivity contribution in [1.82, 2.24) is 0 Å². The predicted molar refractivity (Wildman–Crippen MR) is 111 cm³/mol. The second kappa shape index (κ2) is 8.03. The molecule has 2 aromatic rings. The molecule has 0 atom stereocenters. The van der Waals surface area contributed by atoms with E-state index in [2.05, 4.69) is 5.32 Å². The van der Waals surface area contributed by atoms with E-state index >= 15 is 0 Å². The van der Waals surface area contributed by atoms with E-state index in [1.165, 1.54) is 14.2 Å². The average Bonchev–Trinajstić information content (AvgIpc) is 2.81. The Bertz CT molecular complexity index is 917. The summed E-state index contributed by atoms with van der Waals surface area (Å²) >= 11 is 0. The first-order valence-corrected chi connectivity index (χ1v) is 9.42. The van der Waals surface area contributed by atoms with Crippen LogP contribution < -0.4 is 24.4 Å². The Hall–Kier alpha value is -3.22. The second-order valence-corrected chi connectivity index (χ2v) is 7.46. The summed E-state index contributed by atoms with van der Waals surface area (Å²) in [6.45, 7) is 6.44. The molecule has 2 aromatic carbocycles. The van der Waals surface area contributed by atoms with E-state index in [0.29, 0.717) is 47.3 Å². The molecule has 0 fully saturated rings. The molecule has 0 spiro atoms. The van der Waals surface area contributed by atoms with Crippen molar-refractivity contribution in [2.24, 2.45) is 5.41 Å². The highest BCUT2D eigenvalue weighted by molar-refractivity contribution is 6.06. The van der Waals surface area contributed by atoms with Crippen LogP contribution in [0.25, 0.3) is 0 Å². The molecule has 0 radical (unpaired) electrons.